The van der Waals surface area contributed by atoms with Crippen LogP contribution in [0.25, 0.3) is 0 Å². The molecule has 1 rings (SSSR count). The first kappa shape index (κ1) is 15.4. The fourth-order valence-electron chi connectivity index (χ4n) is 1.57. The number of carbonyl (C=O) groups excluding carboxylic acids is 1. The van der Waals surface area contributed by atoms with Crippen molar-refractivity contribution in [3.63, 3.8) is 0 Å². The second-order valence-corrected chi connectivity index (χ2v) is 5.36. The van der Waals surface area contributed by atoms with Gasteiger partial charge in [-0.05, 0) is 26.8 Å². The Morgan fingerprint density at radius 2 is 2.05 bits per heavy atom. The highest BCUT2D eigenvalue weighted by molar-refractivity contribution is 5.78. The number of benzene rings is 1. The van der Waals surface area contributed by atoms with Gasteiger partial charge >= 0.3 is 0 Å². The van der Waals surface area contributed by atoms with Gasteiger partial charge in [-0.15, -0.1) is 0 Å². The maximum absolute atomic E-state index is 13.6. The van der Waals surface area contributed by atoms with Crippen molar-refractivity contribution in [2.75, 3.05) is 13.7 Å². The summed E-state index contributed by atoms with van der Waals surface area (Å²) in [6.07, 6.45) is 0. The van der Waals surface area contributed by atoms with Crippen LogP contribution in [-0.2, 0) is 11.3 Å². The molecule has 0 aromatic heterocycles. The molecular weight excluding hydrogens is 247 g/mol. The Balaban J connectivity index is 2.43. The zero-order valence-corrected chi connectivity index (χ0v) is 11.8. The first-order valence-electron chi connectivity index (χ1n) is 6.16. The average Bonchev–Trinajstić information content (AvgIpc) is 2.28. The number of carbonyl (C=O) groups is 1. The van der Waals surface area contributed by atoms with Crippen LogP contribution in [0.4, 0.5) is 4.39 Å². The summed E-state index contributed by atoms with van der Waals surface area (Å²) >= 11 is 0. The predicted octanol–water partition coefficient (Wildman–Crippen LogP) is 1.84. The number of amides is 1. The van der Waals surface area contributed by atoms with Gasteiger partial charge in [0.2, 0.25) is 5.91 Å². The number of halogens is 1. The predicted molar refractivity (Wildman–Crippen MR) is 72.6 cm³/mol. The van der Waals surface area contributed by atoms with Crippen molar-refractivity contribution in [3.05, 3.63) is 29.6 Å². The Morgan fingerprint density at radius 3 is 2.58 bits per heavy atom. The Labute approximate surface area is 113 Å². The molecule has 0 fully saturated rings. The molecule has 19 heavy (non-hydrogen) atoms. The lowest BCUT2D eigenvalue weighted by Gasteiger charge is -2.20. The van der Waals surface area contributed by atoms with E-state index < -0.39 is 0 Å². The molecule has 106 valence electrons. The van der Waals surface area contributed by atoms with Crippen LogP contribution in [0.2, 0.25) is 0 Å². The van der Waals surface area contributed by atoms with Crippen LogP contribution < -0.4 is 15.4 Å². The highest BCUT2D eigenvalue weighted by Crippen LogP contribution is 2.15. The van der Waals surface area contributed by atoms with Gasteiger partial charge in [-0.3, -0.25) is 4.79 Å². The van der Waals surface area contributed by atoms with E-state index in [0.717, 1.165) is 0 Å². The molecule has 1 amide bonds. The number of nitrogens with one attached hydrogen (secondary N) is 2. The van der Waals surface area contributed by atoms with Gasteiger partial charge in [0.05, 0.1) is 13.7 Å². The molecule has 0 bridgehead atoms. The third-order valence-electron chi connectivity index (χ3n) is 2.38. The number of ether oxygens (including phenoxy) is 1. The maximum atomic E-state index is 13.6. The van der Waals surface area contributed by atoms with Crippen LogP contribution in [0.15, 0.2) is 18.2 Å². The molecule has 0 spiro atoms. The molecule has 1 aromatic rings. The van der Waals surface area contributed by atoms with Gasteiger partial charge in [-0.1, -0.05) is 6.07 Å². The first-order valence-corrected chi connectivity index (χ1v) is 6.16. The summed E-state index contributed by atoms with van der Waals surface area (Å²) in [5.41, 5.74) is 0.244. The molecule has 0 unspecified atom stereocenters. The topological polar surface area (TPSA) is 50.4 Å². The van der Waals surface area contributed by atoms with E-state index in [2.05, 4.69) is 10.6 Å². The molecule has 0 radical (unpaired) electrons. The van der Waals surface area contributed by atoms with Crippen molar-refractivity contribution in [1.29, 1.82) is 0 Å². The van der Waals surface area contributed by atoms with Crippen molar-refractivity contribution in [1.82, 2.24) is 10.6 Å². The number of methoxy groups -OCH3 is 1. The molecule has 2 N–H and O–H groups in total. The average molecular weight is 268 g/mol. The van der Waals surface area contributed by atoms with Crippen LogP contribution in [0.3, 0.4) is 0 Å². The number of rotatable bonds is 5. The van der Waals surface area contributed by atoms with Gasteiger partial charge in [0.1, 0.15) is 11.6 Å². The monoisotopic (exact) mass is 268 g/mol. The van der Waals surface area contributed by atoms with E-state index >= 15 is 0 Å². The van der Waals surface area contributed by atoms with Crippen molar-refractivity contribution in [3.8, 4) is 5.75 Å². The van der Waals surface area contributed by atoms with Gasteiger partial charge in [0, 0.05) is 23.7 Å². The van der Waals surface area contributed by atoms with Crippen LogP contribution in [0, 0.1) is 5.82 Å². The van der Waals surface area contributed by atoms with E-state index in [9.17, 15) is 9.18 Å². The second-order valence-electron chi connectivity index (χ2n) is 5.36. The lowest BCUT2D eigenvalue weighted by atomic mass is 10.1. The zero-order chi connectivity index (χ0) is 14.5. The summed E-state index contributed by atoms with van der Waals surface area (Å²) in [5, 5.41) is 5.73. The van der Waals surface area contributed by atoms with Crippen LogP contribution in [0.5, 0.6) is 5.75 Å². The standard InChI is InChI=1S/C14H21FN2O2/c1-14(2,3)17-13(18)9-16-8-10-5-6-11(19-4)7-12(10)15/h5-7,16H,8-9H2,1-4H3,(H,17,18). The Morgan fingerprint density at radius 1 is 1.37 bits per heavy atom. The molecule has 0 saturated heterocycles. The van der Waals surface area contributed by atoms with Crippen molar-refractivity contribution >= 4 is 5.91 Å². The minimum absolute atomic E-state index is 0.110. The van der Waals surface area contributed by atoms with Crippen LogP contribution in [-0.4, -0.2) is 25.1 Å². The molecule has 0 aliphatic heterocycles. The molecule has 0 atom stereocenters. The summed E-state index contributed by atoms with van der Waals surface area (Å²) in [6.45, 7) is 6.19. The SMILES string of the molecule is COc1ccc(CNCC(=O)NC(C)(C)C)c(F)c1. The molecule has 0 aliphatic carbocycles. The van der Waals surface area contributed by atoms with Crippen molar-refractivity contribution < 1.29 is 13.9 Å². The van der Waals surface area contributed by atoms with Gasteiger partial charge < -0.3 is 15.4 Å². The smallest absolute Gasteiger partial charge is 0.234 e. The number of hydrogen-bond acceptors (Lipinski definition) is 3. The fourth-order valence-corrected chi connectivity index (χ4v) is 1.57. The molecule has 4 nitrogen and oxygen atoms in total. The first-order chi connectivity index (χ1) is 8.81. The van der Waals surface area contributed by atoms with E-state index in [4.69, 9.17) is 4.74 Å². The lowest BCUT2D eigenvalue weighted by molar-refractivity contribution is -0.121. The summed E-state index contributed by atoms with van der Waals surface area (Å²) in [4.78, 5) is 11.5. The Bertz CT molecular complexity index is 442. The minimum atomic E-state index is -0.344. The van der Waals surface area contributed by atoms with Gasteiger partial charge in [-0.2, -0.15) is 0 Å². The van der Waals surface area contributed by atoms with E-state index in [0.29, 0.717) is 17.9 Å². The fraction of sp³-hybridized carbons (Fsp3) is 0.500. The quantitative estimate of drug-likeness (QED) is 0.856. The molecule has 1 aromatic carbocycles. The molecule has 0 aliphatic rings. The molecule has 0 saturated carbocycles. The zero-order valence-electron chi connectivity index (χ0n) is 11.8. The summed E-state index contributed by atoms with van der Waals surface area (Å²) < 4.78 is 18.5. The second kappa shape index (κ2) is 6.52. The highest BCUT2D eigenvalue weighted by Gasteiger charge is 2.13. The summed E-state index contributed by atoms with van der Waals surface area (Å²) in [5.74, 6) is 0.0243. The normalized spacial score (nSPS) is 11.2. The molecule has 0 heterocycles. The largest absolute Gasteiger partial charge is 0.497 e. The number of hydrogen-bond donors (Lipinski definition) is 2. The summed E-state index contributed by atoms with van der Waals surface area (Å²) in [7, 11) is 1.49. The maximum Gasteiger partial charge on any atom is 0.234 e. The highest BCUT2D eigenvalue weighted by atomic mass is 19.1. The van der Waals surface area contributed by atoms with Gasteiger partial charge in [0.15, 0.2) is 0 Å². The Hall–Kier alpha value is -1.62. The van der Waals surface area contributed by atoms with Crippen LogP contribution in [0.1, 0.15) is 26.3 Å². The summed E-state index contributed by atoms with van der Waals surface area (Å²) in [6, 6.07) is 4.66. The van der Waals surface area contributed by atoms with E-state index in [1.165, 1.54) is 13.2 Å². The molecular formula is C14H21FN2O2. The van der Waals surface area contributed by atoms with Crippen molar-refractivity contribution in [2.45, 2.75) is 32.9 Å². The lowest BCUT2D eigenvalue weighted by Crippen LogP contribution is -2.44. The van der Waals surface area contributed by atoms with Crippen LogP contribution >= 0.6 is 0 Å². The van der Waals surface area contributed by atoms with E-state index in [-0.39, 0.29) is 23.8 Å². The van der Waals surface area contributed by atoms with E-state index in [1.807, 2.05) is 20.8 Å². The van der Waals surface area contributed by atoms with Crippen molar-refractivity contribution in [2.24, 2.45) is 0 Å². The van der Waals surface area contributed by atoms with Gasteiger partial charge in [0.25, 0.3) is 0 Å². The van der Waals surface area contributed by atoms with E-state index in [1.54, 1.807) is 12.1 Å². The third kappa shape index (κ3) is 5.70. The molecule has 5 heteroatoms. The minimum Gasteiger partial charge on any atom is -0.497 e. The Kier molecular flexibility index (Phi) is 5.30. The van der Waals surface area contributed by atoms with Gasteiger partial charge in [-0.25, -0.2) is 4.39 Å². The third-order valence-corrected chi connectivity index (χ3v) is 2.38.